The summed E-state index contributed by atoms with van der Waals surface area (Å²) < 4.78 is 25.2. The summed E-state index contributed by atoms with van der Waals surface area (Å²) in [5.74, 6) is 0. The number of rotatable bonds is 3. The van der Waals surface area contributed by atoms with Crippen LogP contribution in [0.5, 0.6) is 0 Å². The van der Waals surface area contributed by atoms with E-state index < -0.39 is 6.43 Å². The van der Waals surface area contributed by atoms with Crippen LogP contribution < -0.4 is 0 Å². The molecule has 0 amide bonds. The fourth-order valence-electron chi connectivity index (χ4n) is 1.31. The molecule has 1 heterocycles. The van der Waals surface area contributed by atoms with Gasteiger partial charge in [-0.3, -0.25) is 4.98 Å². The van der Waals surface area contributed by atoms with E-state index in [1.165, 1.54) is 13.0 Å². The molecule has 0 aromatic carbocycles. The normalized spacial score (nSPS) is 11.0. The van der Waals surface area contributed by atoms with Gasteiger partial charge in [0.1, 0.15) is 0 Å². The molecule has 0 atom stereocenters. The zero-order chi connectivity index (χ0) is 10.7. The second kappa shape index (κ2) is 4.79. The first-order valence-corrected chi connectivity index (χ1v) is 5.16. The van der Waals surface area contributed by atoms with Crippen LogP contribution in [0.4, 0.5) is 8.78 Å². The van der Waals surface area contributed by atoms with Gasteiger partial charge in [0.15, 0.2) is 0 Å². The minimum Gasteiger partial charge on any atom is -0.390 e. The van der Waals surface area contributed by atoms with Crippen LogP contribution in [0.2, 0.25) is 0 Å². The zero-order valence-electron chi connectivity index (χ0n) is 7.60. The monoisotopic (exact) mass is 265 g/mol. The lowest BCUT2D eigenvalue weighted by molar-refractivity contribution is 0.149. The largest absolute Gasteiger partial charge is 0.390 e. The predicted octanol–water partition coefficient (Wildman–Crippen LogP) is 2.71. The minimum absolute atomic E-state index is 0.0425. The molecule has 1 aromatic rings. The van der Waals surface area contributed by atoms with E-state index in [-0.39, 0.29) is 17.9 Å². The van der Waals surface area contributed by atoms with Gasteiger partial charge in [-0.15, -0.1) is 0 Å². The molecule has 0 aliphatic heterocycles. The lowest BCUT2D eigenvalue weighted by Gasteiger charge is -2.10. The highest BCUT2D eigenvalue weighted by atomic mass is 79.9. The van der Waals surface area contributed by atoms with Gasteiger partial charge < -0.3 is 5.11 Å². The lowest BCUT2D eigenvalue weighted by atomic mass is 10.1. The summed E-state index contributed by atoms with van der Waals surface area (Å²) in [6, 6.07) is 1.49. The van der Waals surface area contributed by atoms with Crippen LogP contribution in [-0.4, -0.2) is 10.1 Å². The fourth-order valence-corrected chi connectivity index (χ4v) is 1.77. The van der Waals surface area contributed by atoms with Crippen LogP contribution in [0, 0.1) is 6.92 Å². The van der Waals surface area contributed by atoms with Gasteiger partial charge in [-0.2, -0.15) is 0 Å². The second-order valence-electron chi connectivity index (χ2n) is 2.86. The average molecular weight is 266 g/mol. The topological polar surface area (TPSA) is 33.1 Å². The first-order chi connectivity index (χ1) is 6.60. The molecule has 2 nitrogen and oxygen atoms in total. The molecule has 0 aliphatic carbocycles. The summed E-state index contributed by atoms with van der Waals surface area (Å²) >= 11 is 3.13. The number of aromatic nitrogens is 1. The Bertz CT molecular complexity index is 331. The highest BCUT2D eigenvalue weighted by molar-refractivity contribution is 9.08. The summed E-state index contributed by atoms with van der Waals surface area (Å²) in [6.07, 6.45) is -2.53. The van der Waals surface area contributed by atoms with E-state index in [0.717, 1.165) is 0 Å². The van der Waals surface area contributed by atoms with Crippen molar-refractivity contribution in [2.45, 2.75) is 25.3 Å². The Hall–Kier alpha value is -0.550. The molecule has 0 fully saturated rings. The predicted molar refractivity (Wildman–Crippen MR) is 52.5 cm³/mol. The molecule has 0 aliphatic rings. The van der Waals surface area contributed by atoms with Gasteiger partial charge in [0.25, 0.3) is 6.43 Å². The van der Waals surface area contributed by atoms with E-state index in [9.17, 15) is 8.78 Å². The van der Waals surface area contributed by atoms with Crippen molar-refractivity contribution in [3.8, 4) is 0 Å². The third kappa shape index (κ3) is 2.27. The maximum Gasteiger partial charge on any atom is 0.265 e. The fraction of sp³-hybridized carbons (Fsp3) is 0.444. The molecule has 78 valence electrons. The third-order valence-corrected chi connectivity index (χ3v) is 2.52. The standard InChI is InChI=1S/C9H10BrF2NO/c1-5-8(9(11)12)6(3-10)2-7(4-14)13-5/h2,9,14H,3-4H2,1H3. The molecule has 0 saturated carbocycles. The van der Waals surface area contributed by atoms with Crippen molar-refractivity contribution in [2.75, 3.05) is 0 Å². The number of nitrogens with zero attached hydrogens (tertiary/aromatic N) is 1. The molecule has 0 saturated heterocycles. The van der Waals surface area contributed by atoms with E-state index in [0.29, 0.717) is 16.6 Å². The Labute approximate surface area is 89.1 Å². The van der Waals surface area contributed by atoms with Gasteiger partial charge in [-0.25, -0.2) is 8.78 Å². The summed E-state index contributed by atoms with van der Waals surface area (Å²) in [6.45, 7) is 1.29. The number of pyridine rings is 1. The Kier molecular flexibility index (Phi) is 3.95. The van der Waals surface area contributed by atoms with Crippen molar-refractivity contribution in [1.82, 2.24) is 4.98 Å². The van der Waals surface area contributed by atoms with Crippen LogP contribution in [0.3, 0.4) is 0 Å². The first-order valence-electron chi connectivity index (χ1n) is 4.04. The van der Waals surface area contributed by atoms with E-state index >= 15 is 0 Å². The molecule has 5 heteroatoms. The average Bonchev–Trinajstić information content (AvgIpc) is 2.15. The van der Waals surface area contributed by atoms with Gasteiger partial charge in [-0.1, -0.05) is 15.9 Å². The van der Waals surface area contributed by atoms with Crippen LogP contribution in [0.15, 0.2) is 6.07 Å². The van der Waals surface area contributed by atoms with Crippen molar-refractivity contribution in [2.24, 2.45) is 0 Å². The van der Waals surface area contributed by atoms with E-state index in [1.807, 2.05) is 0 Å². The smallest absolute Gasteiger partial charge is 0.265 e. The molecule has 14 heavy (non-hydrogen) atoms. The maximum absolute atomic E-state index is 12.6. The number of aryl methyl sites for hydroxylation is 1. The molecule has 0 bridgehead atoms. The summed E-state index contributed by atoms with van der Waals surface area (Å²) in [5.41, 5.74) is 1.14. The van der Waals surface area contributed by atoms with Crippen molar-refractivity contribution in [1.29, 1.82) is 0 Å². The van der Waals surface area contributed by atoms with Gasteiger partial charge in [0, 0.05) is 16.6 Å². The van der Waals surface area contributed by atoms with E-state index in [4.69, 9.17) is 5.11 Å². The third-order valence-electron chi connectivity index (χ3n) is 1.91. The molecule has 1 rings (SSSR count). The summed E-state index contributed by atoms with van der Waals surface area (Å²) in [4.78, 5) is 3.87. The molecule has 0 unspecified atom stereocenters. The van der Waals surface area contributed by atoms with Gasteiger partial charge in [0.05, 0.1) is 12.3 Å². The minimum atomic E-state index is -2.53. The van der Waals surface area contributed by atoms with Crippen LogP contribution in [0.25, 0.3) is 0 Å². The van der Waals surface area contributed by atoms with Crippen molar-refractivity contribution < 1.29 is 13.9 Å². The summed E-state index contributed by atoms with van der Waals surface area (Å²) in [5, 5.41) is 9.18. The maximum atomic E-state index is 12.6. The Morgan fingerprint density at radius 3 is 2.64 bits per heavy atom. The Morgan fingerprint density at radius 1 is 1.57 bits per heavy atom. The lowest BCUT2D eigenvalue weighted by Crippen LogP contribution is -2.02. The number of halogens is 3. The second-order valence-corrected chi connectivity index (χ2v) is 3.42. The molecular formula is C9H10BrF2NO. The molecule has 1 N–H and O–H groups in total. The van der Waals surface area contributed by atoms with Crippen LogP contribution >= 0.6 is 15.9 Å². The van der Waals surface area contributed by atoms with Crippen LogP contribution in [-0.2, 0) is 11.9 Å². The van der Waals surface area contributed by atoms with E-state index in [1.54, 1.807) is 0 Å². The van der Waals surface area contributed by atoms with Gasteiger partial charge in [0.2, 0.25) is 0 Å². The van der Waals surface area contributed by atoms with E-state index in [2.05, 4.69) is 20.9 Å². The highest BCUT2D eigenvalue weighted by Crippen LogP contribution is 2.27. The van der Waals surface area contributed by atoms with Crippen LogP contribution in [0.1, 0.15) is 28.9 Å². The number of hydrogen-bond acceptors (Lipinski definition) is 2. The molecule has 1 aromatic heterocycles. The van der Waals surface area contributed by atoms with Crippen molar-refractivity contribution >= 4 is 15.9 Å². The molecule has 0 spiro atoms. The van der Waals surface area contributed by atoms with Crippen molar-refractivity contribution in [3.63, 3.8) is 0 Å². The molecule has 0 radical (unpaired) electrons. The number of aliphatic hydroxyl groups excluding tert-OH is 1. The Morgan fingerprint density at radius 2 is 2.21 bits per heavy atom. The van der Waals surface area contributed by atoms with Crippen molar-refractivity contribution in [3.05, 3.63) is 28.6 Å². The highest BCUT2D eigenvalue weighted by Gasteiger charge is 2.17. The molecular weight excluding hydrogens is 256 g/mol. The zero-order valence-corrected chi connectivity index (χ0v) is 9.18. The summed E-state index contributed by atoms with van der Waals surface area (Å²) in [7, 11) is 0. The van der Waals surface area contributed by atoms with Gasteiger partial charge >= 0.3 is 0 Å². The first kappa shape index (κ1) is 11.5. The SMILES string of the molecule is Cc1nc(CO)cc(CBr)c1C(F)F. The number of aliphatic hydroxyl groups is 1. The number of alkyl halides is 3. The van der Waals surface area contributed by atoms with Gasteiger partial charge in [-0.05, 0) is 18.6 Å². The Balaban J connectivity index is 3.27. The number of hydrogen-bond donors (Lipinski definition) is 1. The quantitative estimate of drug-likeness (QED) is 0.853.